The highest BCUT2D eigenvalue weighted by atomic mass is 16.5. The highest BCUT2D eigenvalue weighted by Gasteiger charge is 2.20. The maximum atomic E-state index is 12.8. The van der Waals surface area contributed by atoms with Gasteiger partial charge in [-0.2, -0.15) is 15.1 Å². The Balaban J connectivity index is 1.47. The van der Waals surface area contributed by atoms with E-state index in [1.165, 1.54) is 0 Å². The van der Waals surface area contributed by atoms with Gasteiger partial charge in [0.15, 0.2) is 17.0 Å². The first-order valence-electron chi connectivity index (χ1n) is 11.1. The van der Waals surface area contributed by atoms with Crippen molar-refractivity contribution in [1.29, 1.82) is 0 Å². The van der Waals surface area contributed by atoms with Gasteiger partial charge in [0, 0.05) is 19.3 Å². The zero-order valence-electron chi connectivity index (χ0n) is 19.2. The van der Waals surface area contributed by atoms with Gasteiger partial charge in [-0.15, -0.1) is 0 Å². The first-order chi connectivity index (χ1) is 17.2. The summed E-state index contributed by atoms with van der Waals surface area (Å²) in [5.74, 6) is 1.57. The number of imidazole rings is 1. The van der Waals surface area contributed by atoms with E-state index in [4.69, 9.17) is 14.5 Å². The molecule has 0 amide bonds. The zero-order valence-corrected chi connectivity index (χ0v) is 19.2. The zero-order chi connectivity index (χ0) is 24.0. The fraction of sp³-hybridized carbons (Fsp3) is 0.250. The van der Waals surface area contributed by atoms with Crippen molar-refractivity contribution >= 4 is 34.9 Å². The molecule has 4 aromatic rings. The topological polar surface area (TPSA) is 120 Å². The van der Waals surface area contributed by atoms with Gasteiger partial charge >= 0.3 is 0 Å². The number of hydrazone groups is 1. The minimum atomic E-state index is -0.137. The molecule has 1 N–H and O–H groups in total. The average Bonchev–Trinajstić information content (AvgIpc) is 3.32. The summed E-state index contributed by atoms with van der Waals surface area (Å²) in [6.45, 7) is 2.57. The van der Waals surface area contributed by atoms with Crippen molar-refractivity contribution in [2.45, 2.75) is 6.54 Å². The molecule has 0 unspecified atom stereocenters. The van der Waals surface area contributed by atoms with Crippen molar-refractivity contribution in [1.82, 2.24) is 24.5 Å². The Morgan fingerprint density at radius 3 is 2.86 bits per heavy atom. The lowest BCUT2D eigenvalue weighted by Crippen LogP contribution is -2.37. The third kappa shape index (κ3) is 5.09. The molecule has 5 rings (SSSR count). The Bertz CT molecular complexity index is 1350. The Morgan fingerprint density at radius 1 is 1.17 bits per heavy atom. The maximum Gasteiger partial charge on any atom is 0.229 e. The van der Waals surface area contributed by atoms with Gasteiger partial charge in [-0.25, -0.2) is 4.98 Å². The van der Waals surface area contributed by atoms with Gasteiger partial charge in [-0.3, -0.25) is 15.2 Å². The molecule has 0 bridgehead atoms. The summed E-state index contributed by atoms with van der Waals surface area (Å²) in [5.41, 5.74) is 5.29. The molecule has 1 saturated heterocycles. The van der Waals surface area contributed by atoms with Crippen molar-refractivity contribution in [3.8, 4) is 5.75 Å². The first kappa shape index (κ1) is 22.4. The minimum absolute atomic E-state index is 0.0552. The highest BCUT2D eigenvalue weighted by Crippen LogP contribution is 2.23. The van der Waals surface area contributed by atoms with E-state index in [9.17, 15) is 4.79 Å². The number of Topliss-reactive ketones (excluding diaryl/α,β-unsaturated/α-hetero) is 1. The van der Waals surface area contributed by atoms with Gasteiger partial charge in [-0.05, 0) is 29.8 Å². The first-order valence-corrected chi connectivity index (χ1v) is 11.1. The number of methoxy groups -OCH3 is 1. The number of rotatable bonds is 8. The number of hydrogen-bond donors (Lipinski definition) is 1. The third-order valence-electron chi connectivity index (χ3n) is 5.49. The third-order valence-corrected chi connectivity index (χ3v) is 5.49. The lowest BCUT2D eigenvalue weighted by Gasteiger charge is -2.27. The van der Waals surface area contributed by atoms with Gasteiger partial charge in [-0.1, -0.05) is 18.2 Å². The Morgan fingerprint density at radius 2 is 2.06 bits per heavy atom. The molecule has 178 valence electrons. The Hall–Kier alpha value is -4.38. The molecule has 0 radical (unpaired) electrons. The molecule has 4 heterocycles. The molecule has 1 fully saturated rings. The molecule has 3 aromatic heterocycles. The van der Waals surface area contributed by atoms with E-state index >= 15 is 0 Å². The second-order valence-electron chi connectivity index (χ2n) is 7.80. The van der Waals surface area contributed by atoms with Crippen LogP contribution in [0.5, 0.6) is 5.75 Å². The Labute approximate surface area is 201 Å². The fourth-order valence-corrected chi connectivity index (χ4v) is 3.68. The van der Waals surface area contributed by atoms with E-state index < -0.39 is 0 Å². The number of anilines is 2. The standard InChI is InChI=1S/C24H24N8O3/c1-34-18-6-4-5-17(13-18)14-27-30-22-21-23(29-24(28-22)31-9-11-35-12-10-31)32(16-26-21)15-20(33)19-7-2-3-8-25-19/h2-8,13-14,16H,9-12,15H2,1H3,(H,28,29,30). The van der Waals surface area contributed by atoms with Gasteiger partial charge in [0.1, 0.15) is 11.4 Å². The summed E-state index contributed by atoms with van der Waals surface area (Å²) >= 11 is 0. The molecule has 1 aliphatic heterocycles. The molecular weight excluding hydrogens is 448 g/mol. The van der Waals surface area contributed by atoms with E-state index in [0.717, 1.165) is 11.3 Å². The second kappa shape index (κ2) is 10.3. The van der Waals surface area contributed by atoms with E-state index in [1.54, 1.807) is 48.6 Å². The fourth-order valence-electron chi connectivity index (χ4n) is 3.68. The van der Waals surface area contributed by atoms with Crippen LogP contribution in [0.3, 0.4) is 0 Å². The van der Waals surface area contributed by atoms with E-state index in [1.807, 2.05) is 29.2 Å². The summed E-state index contributed by atoms with van der Waals surface area (Å²) in [4.78, 5) is 32.8. The lowest BCUT2D eigenvalue weighted by atomic mass is 10.2. The molecule has 0 spiro atoms. The van der Waals surface area contributed by atoms with E-state index in [2.05, 4.69) is 25.5 Å². The molecule has 1 aromatic carbocycles. The molecular formula is C24H24N8O3. The number of carbonyl (C=O) groups is 1. The average molecular weight is 473 g/mol. The molecule has 11 nitrogen and oxygen atoms in total. The predicted octanol–water partition coefficient (Wildman–Crippen LogP) is 2.40. The van der Waals surface area contributed by atoms with Crippen LogP contribution in [0.4, 0.5) is 11.8 Å². The van der Waals surface area contributed by atoms with Gasteiger partial charge < -0.3 is 18.9 Å². The van der Waals surface area contributed by atoms with E-state index in [0.29, 0.717) is 54.9 Å². The molecule has 0 aliphatic carbocycles. The van der Waals surface area contributed by atoms with Crippen molar-refractivity contribution in [3.05, 3.63) is 66.2 Å². The lowest BCUT2D eigenvalue weighted by molar-refractivity contribution is 0.0968. The van der Waals surface area contributed by atoms with Gasteiger partial charge in [0.05, 0.1) is 39.4 Å². The van der Waals surface area contributed by atoms with Crippen molar-refractivity contribution < 1.29 is 14.3 Å². The van der Waals surface area contributed by atoms with Gasteiger partial charge in [0.2, 0.25) is 11.7 Å². The Kier molecular flexibility index (Phi) is 6.57. The molecule has 35 heavy (non-hydrogen) atoms. The summed E-state index contributed by atoms with van der Waals surface area (Å²) in [6.07, 6.45) is 4.85. The summed E-state index contributed by atoms with van der Waals surface area (Å²) in [7, 11) is 1.62. The van der Waals surface area contributed by atoms with Crippen LogP contribution in [-0.4, -0.2) is 69.9 Å². The number of benzene rings is 1. The number of fused-ring (bicyclic) bond motifs is 1. The van der Waals surface area contributed by atoms with Crippen molar-refractivity contribution in [3.63, 3.8) is 0 Å². The van der Waals surface area contributed by atoms with Crippen LogP contribution in [0.1, 0.15) is 16.1 Å². The van der Waals surface area contributed by atoms with E-state index in [-0.39, 0.29) is 12.3 Å². The minimum Gasteiger partial charge on any atom is -0.497 e. The molecule has 0 saturated carbocycles. The predicted molar refractivity (Wildman–Crippen MR) is 131 cm³/mol. The van der Waals surface area contributed by atoms with Crippen LogP contribution in [-0.2, 0) is 11.3 Å². The largest absolute Gasteiger partial charge is 0.497 e. The molecule has 1 aliphatic rings. The SMILES string of the molecule is COc1cccc(C=NNc2nc(N3CCOCC3)nc3c2ncn3CC(=O)c2ccccn2)c1. The normalized spacial score (nSPS) is 13.9. The van der Waals surface area contributed by atoms with Gasteiger partial charge in [0.25, 0.3) is 0 Å². The number of ether oxygens (including phenoxy) is 2. The number of aromatic nitrogens is 5. The maximum absolute atomic E-state index is 12.8. The van der Waals surface area contributed by atoms with Crippen LogP contribution < -0.4 is 15.1 Å². The number of pyridine rings is 1. The molecule has 0 atom stereocenters. The molecule has 11 heteroatoms. The number of ketones is 1. The number of morpholine rings is 1. The van der Waals surface area contributed by atoms with Crippen LogP contribution in [0.15, 0.2) is 60.1 Å². The van der Waals surface area contributed by atoms with Crippen molar-refractivity contribution in [2.75, 3.05) is 43.7 Å². The van der Waals surface area contributed by atoms with Crippen molar-refractivity contribution in [2.24, 2.45) is 5.10 Å². The second-order valence-corrected chi connectivity index (χ2v) is 7.80. The number of nitrogens with zero attached hydrogens (tertiary/aromatic N) is 7. The van der Waals surface area contributed by atoms with Crippen LogP contribution in [0.2, 0.25) is 0 Å². The number of hydrogen-bond acceptors (Lipinski definition) is 10. The summed E-state index contributed by atoms with van der Waals surface area (Å²) < 4.78 is 12.4. The monoisotopic (exact) mass is 472 g/mol. The number of carbonyl (C=O) groups excluding carboxylic acids is 1. The highest BCUT2D eigenvalue weighted by molar-refractivity contribution is 5.95. The summed E-state index contributed by atoms with van der Waals surface area (Å²) in [5, 5.41) is 4.35. The van der Waals surface area contributed by atoms with Crippen LogP contribution in [0.25, 0.3) is 11.2 Å². The van der Waals surface area contributed by atoms with Crippen LogP contribution >= 0.6 is 0 Å². The smallest absolute Gasteiger partial charge is 0.229 e. The number of nitrogens with one attached hydrogen (secondary N) is 1. The quantitative estimate of drug-likeness (QED) is 0.234. The van der Waals surface area contributed by atoms with Crippen LogP contribution in [0, 0.1) is 0 Å². The summed E-state index contributed by atoms with van der Waals surface area (Å²) in [6, 6.07) is 12.8.